The van der Waals surface area contributed by atoms with E-state index in [0.29, 0.717) is 5.92 Å². The highest BCUT2D eigenvalue weighted by atomic mass is 127. The van der Waals surface area contributed by atoms with Gasteiger partial charge in [-0.1, -0.05) is 42.5 Å². The summed E-state index contributed by atoms with van der Waals surface area (Å²) in [7, 11) is 0. The average molecular weight is 266 g/mol. The lowest BCUT2D eigenvalue weighted by molar-refractivity contribution is 0.515. The van der Waals surface area contributed by atoms with Gasteiger partial charge in [-0.05, 0) is 24.5 Å². The van der Waals surface area contributed by atoms with Crippen LogP contribution in [0, 0.1) is 5.92 Å². The molecular formula is C9H12FI. The van der Waals surface area contributed by atoms with Crippen LogP contribution in [0.3, 0.4) is 0 Å². The van der Waals surface area contributed by atoms with Gasteiger partial charge in [0.15, 0.2) is 0 Å². The van der Waals surface area contributed by atoms with E-state index < -0.39 is 0 Å². The van der Waals surface area contributed by atoms with Crippen molar-refractivity contribution >= 4 is 22.6 Å². The Labute approximate surface area is 80.7 Å². The molecule has 11 heavy (non-hydrogen) atoms. The maximum absolute atomic E-state index is 12.8. The normalized spacial score (nSPS) is 30.8. The zero-order valence-electron chi connectivity index (χ0n) is 6.77. The number of allylic oxidation sites excluding steroid dienone is 4. The van der Waals surface area contributed by atoms with Gasteiger partial charge in [0.1, 0.15) is 5.83 Å². The molecular weight excluding hydrogens is 254 g/mol. The number of hydrogen-bond donors (Lipinski definition) is 0. The predicted octanol–water partition coefficient (Wildman–Crippen LogP) is 3.63. The van der Waals surface area contributed by atoms with E-state index in [0.717, 1.165) is 6.42 Å². The molecule has 0 saturated heterocycles. The molecule has 0 aromatic heterocycles. The van der Waals surface area contributed by atoms with Crippen LogP contribution < -0.4 is 0 Å². The molecule has 1 atom stereocenters. The van der Waals surface area contributed by atoms with Crippen molar-refractivity contribution in [1.82, 2.24) is 0 Å². The summed E-state index contributed by atoms with van der Waals surface area (Å²) < 4.78 is 12.8. The first-order chi connectivity index (χ1) is 5.04. The van der Waals surface area contributed by atoms with Crippen molar-refractivity contribution in [3.8, 4) is 0 Å². The van der Waals surface area contributed by atoms with Gasteiger partial charge in [0, 0.05) is 3.42 Å². The monoisotopic (exact) mass is 266 g/mol. The fourth-order valence-electron chi connectivity index (χ4n) is 1.09. The van der Waals surface area contributed by atoms with Gasteiger partial charge in [-0.25, -0.2) is 4.39 Å². The zero-order valence-corrected chi connectivity index (χ0v) is 8.93. The topological polar surface area (TPSA) is 0 Å². The maximum atomic E-state index is 12.8. The number of halogens is 2. The van der Waals surface area contributed by atoms with Crippen molar-refractivity contribution in [3.63, 3.8) is 0 Å². The molecule has 0 aromatic rings. The highest BCUT2D eigenvalue weighted by Gasteiger charge is 2.29. The van der Waals surface area contributed by atoms with Crippen LogP contribution >= 0.6 is 22.6 Å². The average Bonchev–Trinajstić information content (AvgIpc) is 1.86. The second kappa shape index (κ2) is 3.25. The zero-order chi connectivity index (χ0) is 8.48. The van der Waals surface area contributed by atoms with Crippen LogP contribution in [0.25, 0.3) is 0 Å². The summed E-state index contributed by atoms with van der Waals surface area (Å²) in [4.78, 5) is 0. The fourth-order valence-corrected chi connectivity index (χ4v) is 1.64. The van der Waals surface area contributed by atoms with Crippen molar-refractivity contribution < 1.29 is 4.39 Å². The van der Waals surface area contributed by atoms with E-state index >= 15 is 0 Å². The van der Waals surface area contributed by atoms with Crippen LogP contribution in [0.15, 0.2) is 24.1 Å². The lowest BCUT2D eigenvalue weighted by Crippen LogP contribution is -2.25. The quantitative estimate of drug-likeness (QED) is 0.502. The number of rotatable bonds is 1. The van der Waals surface area contributed by atoms with Crippen molar-refractivity contribution in [2.45, 2.75) is 23.7 Å². The second-order valence-electron chi connectivity index (χ2n) is 3.22. The summed E-state index contributed by atoms with van der Waals surface area (Å²) in [5.41, 5.74) is 0. The third-order valence-electron chi connectivity index (χ3n) is 2.05. The van der Waals surface area contributed by atoms with Crippen LogP contribution in [0.2, 0.25) is 0 Å². The maximum Gasteiger partial charge on any atom is 0.120 e. The molecule has 0 fully saturated rings. The second-order valence-corrected chi connectivity index (χ2v) is 5.23. The molecule has 2 heteroatoms. The van der Waals surface area contributed by atoms with E-state index in [1.807, 2.05) is 6.08 Å². The summed E-state index contributed by atoms with van der Waals surface area (Å²) in [5, 5.41) is 0. The first kappa shape index (κ1) is 9.23. The number of alkyl halides is 1. The molecule has 0 N–H and O–H groups in total. The number of hydrogen-bond acceptors (Lipinski definition) is 0. The Kier molecular flexibility index (Phi) is 2.73. The van der Waals surface area contributed by atoms with E-state index in [-0.39, 0.29) is 9.25 Å². The van der Waals surface area contributed by atoms with Crippen LogP contribution in [-0.4, -0.2) is 3.42 Å². The van der Waals surface area contributed by atoms with Gasteiger partial charge in [0.2, 0.25) is 0 Å². The summed E-state index contributed by atoms with van der Waals surface area (Å²) in [6.45, 7) is 4.24. The SMILES string of the molecule is CC(C)C1(I)C=C(F)C=CC1. The summed E-state index contributed by atoms with van der Waals surface area (Å²) in [5.74, 6) is 0.387. The highest BCUT2D eigenvalue weighted by molar-refractivity contribution is 14.1. The van der Waals surface area contributed by atoms with E-state index in [1.165, 1.54) is 0 Å². The van der Waals surface area contributed by atoms with Gasteiger partial charge in [-0.2, -0.15) is 0 Å². The molecule has 1 rings (SSSR count). The third kappa shape index (κ3) is 2.04. The van der Waals surface area contributed by atoms with Gasteiger partial charge >= 0.3 is 0 Å². The van der Waals surface area contributed by atoms with E-state index in [1.54, 1.807) is 12.2 Å². The van der Waals surface area contributed by atoms with Gasteiger partial charge in [-0.15, -0.1) is 0 Å². The van der Waals surface area contributed by atoms with Crippen LogP contribution in [0.4, 0.5) is 4.39 Å². The minimum atomic E-state index is -0.0978. The van der Waals surface area contributed by atoms with Gasteiger partial charge in [-0.3, -0.25) is 0 Å². The molecule has 1 aliphatic rings. The van der Waals surface area contributed by atoms with E-state index in [9.17, 15) is 4.39 Å². The predicted molar refractivity (Wildman–Crippen MR) is 54.5 cm³/mol. The fraction of sp³-hybridized carbons (Fsp3) is 0.556. The Hall–Kier alpha value is 0.140. The van der Waals surface area contributed by atoms with Crippen LogP contribution in [-0.2, 0) is 0 Å². The van der Waals surface area contributed by atoms with Crippen molar-refractivity contribution in [2.24, 2.45) is 5.92 Å². The molecule has 1 unspecified atom stereocenters. The lowest BCUT2D eigenvalue weighted by atomic mass is 9.89. The Balaban J connectivity index is 2.83. The molecule has 62 valence electrons. The Bertz CT molecular complexity index is 206. The molecule has 0 amide bonds. The Morgan fingerprint density at radius 3 is 2.64 bits per heavy atom. The van der Waals surface area contributed by atoms with Crippen LogP contribution in [0.5, 0.6) is 0 Å². The van der Waals surface area contributed by atoms with E-state index in [2.05, 4.69) is 36.4 Å². The smallest absolute Gasteiger partial charge is 0.120 e. The van der Waals surface area contributed by atoms with Crippen molar-refractivity contribution in [3.05, 3.63) is 24.1 Å². The van der Waals surface area contributed by atoms with Crippen LogP contribution in [0.1, 0.15) is 20.3 Å². The van der Waals surface area contributed by atoms with Gasteiger partial charge < -0.3 is 0 Å². The Morgan fingerprint density at radius 2 is 2.27 bits per heavy atom. The highest BCUT2D eigenvalue weighted by Crippen LogP contribution is 2.37. The molecule has 1 aliphatic carbocycles. The third-order valence-corrected chi connectivity index (χ3v) is 4.04. The molecule has 0 nitrogen and oxygen atoms in total. The molecule has 0 aliphatic heterocycles. The molecule has 0 spiro atoms. The molecule has 0 radical (unpaired) electrons. The summed E-state index contributed by atoms with van der Waals surface area (Å²) in [6, 6.07) is 0. The molecule has 0 bridgehead atoms. The minimum Gasteiger partial charge on any atom is -0.207 e. The summed E-state index contributed by atoms with van der Waals surface area (Å²) in [6.07, 6.45) is 6.11. The van der Waals surface area contributed by atoms with Crippen molar-refractivity contribution in [1.29, 1.82) is 0 Å². The first-order valence-corrected chi connectivity index (χ1v) is 4.86. The molecule has 0 aromatic carbocycles. The van der Waals surface area contributed by atoms with Crippen molar-refractivity contribution in [2.75, 3.05) is 0 Å². The lowest BCUT2D eigenvalue weighted by Gasteiger charge is -2.28. The van der Waals surface area contributed by atoms with E-state index in [4.69, 9.17) is 0 Å². The van der Waals surface area contributed by atoms with Gasteiger partial charge in [0.05, 0.1) is 0 Å². The van der Waals surface area contributed by atoms with Gasteiger partial charge in [0.25, 0.3) is 0 Å². The Morgan fingerprint density at radius 1 is 1.64 bits per heavy atom. The summed E-state index contributed by atoms with van der Waals surface area (Å²) >= 11 is 2.33. The largest absolute Gasteiger partial charge is 0.207 e. The first-order valence-electron chi connectivity index (χ1n) is 3.78. The minimum absolute atomic E-state index is 0.00338. The standard InChI is InChI=1S/C9H12FI/c1-7(2)9(11)5-3-4-8(10)6-9/h3-4,6-7H,5H2,1-2H3. The molecule has 0 saturated carbocycles. The molecule has 0 heterocycles.